The van der Waals surface area contributed by atoms with E-state index in [0.717, 1.165) is 43.3 Å². The van der Waals surface area contributed by atoms with E-state index in [2.05, 4.69) is 48.3 Å². The molecule has 0 aliphatic carbocycles. The molecule has 2 aromatic rings. The summed E-state index contributed by atoms with van der Waals surface area (Å²) in [7, 11) is 0. The first kappa shape index (κ1) is 19.8. The molecule has 1 aliphatic heterocycles. The van der Waals surface area contributed by atoms with E-state index >= 15 is 0 Å². The minimum Gasteiger partial charge on any atom is -0.322 e. The molecule has 0 bridgehead atoms. The van der Waals surface area contributed by atoms with Crippen molar-refractivity contribution in [3.05, 3.63) is 59.7 Å². The molecule has 27 heavy (non-hydrogen) atoms. The molecule has 0 aromatic heterocycles. The summed E-state index contributed by atoms with van der Waals surface area (Å²) in [4.78, 5) is 18.0. The molecule has 3 rings (SSSR count). The lowest BCUT2D eigenvalue weighted by Crippen LogP contribution is -2.49. The Morgan fingerprint density at radius 2 is 1.78 bits per heavy atom. The number of hydrogen-bond acceptors (Lipinski definition) is 3. The van der Waals surface area contributed by atoms with Crippen LogP contribution in [-0.4, -0.2) is 48.3 Å². The van der Waals surface area contributed by atoms with Crippen molar-refractivity contribution in [2.24, 2.45) is 0 Å². The van der Waals surface area contributed by atoms with Gasteiger partial charge >= 0.3 is 6.03 Å². The first-order valence-corrected chi connectivity index (χ1v) is 10.8. The minimum atomic E-state index is -0.00538. The predicted molar refractivity (Wildman–Crippen MR) is 115 cm³/mol. The largest absolute Gasteiger partial charge is 0.322 e. The average Bonchev–Trinajstić information content (AvgIpc) is 2.69. The van der Waals surface area contributed by atoms with Gasteiger partial charge in [-0.15, -0.1) is 11.8 Å². The second-order valence-electron chi connectivity index (χ2n) is 7.32. The highest BCUT2D eigenvalue weighted by Gasteiger charge is 2.21. The van der Waals surface area contributed by atoms with Gasteiger partial charge in [-0.2, -0.15) is 0 Å². The molecule has 0 unspecified atom stereocenters. The van der Waals surface area contributed by atoms with Crippen molar-refractivity contribution >= 4 is 23.5 Å². The lowest BCUT2D eigenvalue weighted by Gasteiger charge is -2.34. The first-order chi connectivity index (χ1) is 13.0. The molecule has 1 aliphatic rings. The maximum absolute atomic E-state index is 12.5. The van der Waals surface area contributed by atoms with Crippen LogP contribution in [0.3, 0.4) is 0 Å². The molecule has 1 heterocycles. The van der Waals surface area contributed by atoms with Gasteiger partial charge in [-0.05, 0) is 41.5 Å². The van der Waals surface area contributed by atoms with E-state index in [1.807, 2.05) is 35.4 Å². The van der Waals surface area contributed by atoms with Crippen LogP contribution in [0.15, 0.2) is 53.4 Å². The normalized spacial score (nSPS) is 15.2. The average molecular weight is 384 g/mol. The third kappa shape index (κ3) is 5.50. The third-order valence-corrected chi connectivity index (χ3v) is 5.76. The number of thioether (sulfide) groups is 1. The van der Waals surface area contributed by atoms with E-state index in [4.69, 9.17) is 0 Å². The van der Waals surface area contributed by atoms with Gasteiger partial charge in [-0.1, -0.05) is 44.2 Å². The van der Waals surface area contributed by atoms with Crippen LogP contribution in [-0.2, 0) is 6.54 Å². The Labute approximate surface area is 166 Å². The van der Waals surface area contributed by atoms with Gasteiger partial charge in [0.2, 0.25) is 0 Å². The molecule has 1 saturated heterocycles. The van der Waals surface area contributed by atoms with Crippen molar-refractivity contribution in [3.8, 4) is 0 Å². The summed E-state index contributed by atoms with van der Waals surface area (Å²) in [6, 6.07) is 16.9. The predicted octanol–water partition coefficient (Wildman–Crippen LogP) is 4.88. The summed E-state index contributed by atoms with van der Waals surface area (Å²) in [6.07, 6.45) is 2.04. The lowest BCUT2D eigenvalue weighted by atomic mass is 10.0. The number of piperazine rings is 1. The molecule has 2 amide bonds. The van der Waals surface area contributed by atoms with Gasteiger partial charge in [0, 0.05) is 43.3 Å². The number of rotatable bonds is 5. The molecule has 5 heteroatoms. The second-order valence-corrected chi connectivity index (χ2v) is 8.20. The van der Waals surface area contributed by atoms with Crippen LogP contribution in [0.5, 0.6) is 0 Å². The van der Waals surface area contributed by atoms with Crippen molar-refractivity contribution in [1.82, 2.24) is 9.80 Å². The van der Waals surface area contributed by atoms with Crippen molar-refractivity contribution in [3.63, 3.8) is 0 Å². The first-order valence-electron chi connectivity index (χ1n) is 9.56. The number of nitrogens with zero attached hydrogens (tertiary/aromatic N) is 2. The van der Waals surface area contributed by atoms with Crippen LogP contribution < -0.4 is 5.32 Å². The molecule has 0 saturated carbocycles. The molecule has 2 aromatic carbocycles. The van der Waals surface area contributed by atoms with Crippen molar-refractivity contribution < 1.29 is 4.79 Å². The fraction of sp³-hybridized carbons (Fsp3) is 0.409. The molecule has 4 nitrogen and oxygen atoms in total. The number of nitrogens with one attached hydrogen (secondary N) is 1. The molecule has 0 radical (unpaired) electrons. The van der Waals surface area contributed by atoms with Crippen LogP contribution in [0, 0.1) is 0 Å². The molecule has 0 spiro atoms. The van der Waals surface area contributed by atoms with Gasteiger partial charge in [-0.3, -0.25) is 4.90 Å². The monoisotopic (exact) mass is 383 g/mol. The summed E-state index contributed by atoms with van der Waals surface area (Å²) in [5, 5.41) is 3.02. The summed E-state index contributed by atoms with van der Waals surface area (Å²) in [6.45, 7) is 8.72. The highest BCUT2D eigenvalue weighted by Crippen LogP contribution is 2.20. The van der Waals surface area contributed by atoms with Crippen LogP contribution in [0.1, 0.15) is 30.9 Å². The fourth-order valence-corrected chi connectivity index (χ4v) is 3.74. The third-order valence-electron chi connectivity index (χ3n) is 5.03. The number of carbonyl (C=O) groups excluding carboxylic acids is 1. The SMILES string of the molecule is CSc1cccc(NC(=O)N2CCN(Cc3ccc(C(C)C)cc3)CC2)c1. The van der Waals surface area contributed by atoms with E-state index in [0.29, 0.717) is 5.92 Å². The van der Waals surface area contributed by atoms with Gasteiger partial charge in [0.15, 0.2) is 0 Å². The van der Waals surface area contributed by atoms with E-state index in [9.17, 15) is 4.79 Å². The maximum atomic E-state index is 12.5. The van der Waals surface area contributed by atoms with Gasteiger partial charge < -0.3 is 10.2 Å². The number of anilines is 1. The highest BCUT2D eigenvalue weighted by molar-refractivity contribution is 7.98. The lowest BCUT2D eigenvalue weighted by molar-refractivity contribution is 0.143. The van der Waals surface area contributed by atoms with Crippen LogP contribution in [0.2, 0.25) is 0 Å². The van der Waals surface area contributed by atoms with E-state index < -0.39 is 0 Å². The number of hydrogen-bond donors (Lipinski definition) is 1. The Kier molecular flexibility index (Phi) is 6.80. The van der Waals surface area contributed by atoms with Gasteiger partial charge in [0.05, 0.1) is 0 Å². The topological polar surface area (TPSA) is 35.6 Å². The van der Waals surface area contributed by atoms with Gasteiger partial charge in [-0.25, -0.2) is 4.79 Å². The van der Waals surface area contributed by atoms with Gasteiger partial charge in [0.1, 0.15) is 0 Å². The Morgan fingerprint density at radius 1 is 1.07 bits per heavy atom. The number of amides is 2. The zero-order valence-corrected chi connectivity index (χ0v) is 17.3. The van der Waals surface area contributed by atoms with Crippen molar-refractivity contribution in [2.75, 3.05) is 37.8 Å². The fourth-order valence-electron chi connectivity index (χ4n) is 3.28. The highest BCUT2D eigenvalue weighted by atomic mass is 32.2. The minimum absolute atomic E-state index is 0.00538. The number of urea groups is 1. The maximum Gasteiger partial charge on any atom is 0.321 e. The summed E-state index contributed by atoms with van der Waals surface area (Å²) < 4.78 is 0. The van der Waals surface area contributed by atoms with E-state index in [-0.39, 0.29) is 6.03 Å². The van der Waals surface area contributed by atoms with E-state index in [1.165, 1.54) is 11.1 Å². The molecule has 1 N–H and O–H groups in total. The quantitative estimate of drug-likeness (QED) is 0.747. The zero-order chi connectivity index (χ0) is 19.2. The van der Waals surface area contributed by atoms with Crippen LogP contribution >= 0.6 is 11.8 Å². The number of carbonyl (C=O) groups is 1. The Balaban J connectivity index is 1.48. The Morgan fingerprint density at radius 3 is 2.41 bits per heavy atom. The standard InChI is InChI=1S/C22H29N3OS/c1-17(2)19-9-7-18(8-10-19)16-24-11-13-25(14-12-24)22(26)23-20-5-4-6-21(15-20)27-3/h4-10,15,17H,11-14,16H2,1-3H3,(H,23,26). The molecular weight excluding hydrogens is 354 g/mol. The summed E-state index contributed by atoms with van der Waals surface area (Å²) in [5.74, 6) is 0.567. The van der Waals surface area contributed by atoms with E-state index in [1.54, 1.807) is 11.8 Å². The second kappa shape index (κ2) is 9.29. The molecule has 1 fully saturated rings. The summed E-state index contributed by atoms with van der Waals surface area (Å²) >= 11 is 1.68. The van der Waals surface area contributed by atoms with Crippen LogP contribution in [0.25, 0.3) is 0 Å². The number of benzene rings is 2. The molecule has 144 valence electrons. The smallest absolute Gasteiger partial charge is 0.321 e. The van der Waals surface area contributed by atoms with Gasteiger partial charge in [0.25, 0.3) is 0 Å². The molecule has 0 atom stereocenters. The molecular formula is C22H29N3OS. The van der Waals surface area contributed by atoms with Crippen molar-refractivity contribution in [2.45, 2.75) is 31.2 Å². The zero-order valence-electron chi connectivity index (χ0n) is 16.4. The Bertz CT molecular complexity index is 752. The Hall–Kier alpha value is -1.98. The summed E-state index contributed by atoms with van der Waals surface area (Å²) in [5.41, 5.74) is 3.58. The van der Waals surface area contributed by atoms with Crippen molar-refractivity contribution in [1.29, 1.82) is 0 Å². The van der Waals surface area contributed by atoms with Crippen LogP contribution in [0.4, 0.5) is 10.5 Å².